The first-order valence-corrected chi connectivity index (χ1v) is 10.0. The van der Waals surface area contributed by atoms with E-state index in [4.69, 9.17) is 9.47 Å². The van der Waals surface area contributed by atoms with Gasteiger partial charge in [0.25, 0.3) is 5.91 Å². The van der Waals surface area contributed by atoms with Crippen molar-refractivity contribution in [1.29, 1.82) is 0 Å². The predicted octanol–water partition coefficient (Wildman–Crippen LogP) is 2.59. The van der Waals surface area contributed by atoms with Crippen LogP contribution in [0.2, 0.25) is 0 Å². The maximum Gasteiger partial charge on any atom is 0.407 e. The highest BCUT2D eigenvalue weighted by Crippen LogP contribution is 2.33. The van der Waals surface area contributed by atoms with Gasteiger partial charge in [-0.3, -0.25) is 9.48 Å². The summed E-state index contributed by atoms with van der Waals surface area (Å²) in [7, 11) is 1.71. The first kappa shape index (κ1) is 21.8. The van der Waals surface area contributed by atoms with Crippen LogP contribution in [-0.2, 0) is 22.1 Å². The Morgan fingerprint density at radius 1 is 1.33 bits per heavy atom. The molecule has 164 valence electrons. The monoisotopic (exact) mass is 418 g/mol. The van der Waals surface area contributed by atoms with E-state index < -0.39 is 6.09 Å². The van der Waals surface area contributed by atoms with Gasteiger partial charge in [0.1, 0.15) is 23.7 Å². The first-order chi connectivity index (χ1) is 14.0. The number of ether oxygens (including phenoxy) is 2. The van der Waals surface area contributed by atoms with E-state index in [0.717, 1.165) is 0 Å². The van der Waals surface area contributed by atoms with E-state index >= 15 is 0 Å². The van der Waals surface area contributed by atoms with E-state index in [2.05, 4.69) is 20.8 Å². The molecule has 2 atom stereocenters. The lowest BCUT2D eigenvalue weighted by molar-refractivity contribution is 0.0679. The minimum absolute atomic E-state index is 0.00343. The molecular weight excluding hydrogens is 388 g/mol. The van der Waals surface area contributed by atoms with E-state index in [1.54, 1.807) is 30.1 Å². The Kier molecular flexibility index (Phi) is 6.16. The van der Waals surface area contributed by atoms with E-state index in [0.29, 0.717) is 30.2 Å². The van der Waals surface area contributed by atoms with Crippen molar-refractivity contribution in [2.45, 2.75) is 64.8 Å². The number of amides is 2. The van der Waals surface area contributed by atoms with Gasteiger partial charge < -0.3 is 20.1 Å². The maximum absolute atomic E-state index is 12.7. The molecule has 1 aliphatic rings. The number of rotatable bonds is 5. The zero-order valence-electron chi connectivity index (χ0n) is 18.3. The van der Waals surface area contributed by atoms with E-state index in [1.165, 1.54) is 4.68 Å². The summed E-state index contributed by atoms with van der Waals surface area (Å²) in [5.74, 6) is 0.292. The molecule has 3 rings (SSSR count). The second-order valence-corrected chi connectivity index (χ2v) is 8.72. The number of aromatic nitrogens is 4. The maximum atomic E-state index is 12.7. The van der Waals surface area contributed by atoms with Gasteiger partial charge in [0.2, 0.25) is 0 Å². The molecule has 0 spiro atoms. The summed E-state index contributed by atoms with van der Waals surface area (Å²) in [6.45, 7) is 10.0. The van der Waals surface area contributed by atoms with Gasteiger partial charge in [0.05, 0.1) is 17.8 Å². The molecule has 2 unspecified atom stereocenters. The van der Waals surface area contributed by atoms with Gasteiger partial charge in [-0.25, -0.2) is 9.48 Å². The highest BCUT2D eigenvalue weighted by Gasteiger charge is 2.33. The molecule has 0 aromatic carbocycles. The molecule has 2 aromatic rings. The summed E-state index contributed by atoms with van der Waals surface area (Å²) in [5, 5.41) is 14.3. The van der Waals surface area contributed by atoms with Crippen LogP contribution in [0, 0.1) is 0 Å². The van der Waals surface area contributed by atoms with Crippen LogP contribution in [0.15, 0.2) is 18.3 Å². The molecule has 2 N–H and O–H groups in total. The number of carbonyl (C=O) groups is 2. The number of nitrogens with zero attached hydrogens (tertiary/aromatic N) is 4. The van der Waals surface area contributed by atoms with Gasteiger partial charge in [0, 0.05) is 31.8 Å². The molecule has 1 fully saturated rings. The minimum Gasteiger partial charge on any atom is -0.444 e. The Hall–Kier alpha value is -2.88. The number of carbonyl (C=O) groups excluding carboxylic acids is 2. The van der Waals surface area contributed by atoms with Gasteiger partial charge in [0.15, 0.2) is 0 Å². The average Bonchev–Trinajstić information content (AvgIpc) is 3.32. The lowest BCUT2D eigenvalue weighted by atomic mass is 10.1. The summed E-state index contributed by atoms with van der Waals surface area (Å²) < 4.78 is 14.5. The van der Waals surface area contributed by atoms with E-state index in [-0.39, 0.29) is 29.7 Å². The Balaban J connectivity index is 1.74. The molecule has 30 heavy (non-hydrogen) atoms. The van der Waals surface area contributed by atoms with Crippen LogP contribution in [0.1, 0.15) is 63.3 Å². The number of nitrogens with one attached hydrogen (secondary N) is 2. The van der Waals surface area contributed by atoms with Crippen molar-refractivity contribution in [3.63, 3.8) is 0 Å². The van der Waals surface area contributed by atoms with Crippen molar-refractivity contribution in [3.05, 3.63) is 29.7 Å². The average molecular weight is 418 g/mol. The third-order valence-corrected chi connectivity index (χ3v) is 4.63. The Bertz CT molecular complexity index is 911. The van der Waals surface area contributed by atoms with Crippen molar-refractivity contribution in [1.82, 2.24) is 24.9 Å². The topological polar surface area (TPSA) is 112 Å². The molecule has 2 aromatic heterocycles. The highest BCUT2D eigenvalue weighted by atomic mass is 16.6. The molecule has 0 radical (unpaired) electrons. The summed E-state index contributed by atoms with van der Waals surface area (Å²) in [4.78, 5) is 24.5. The molecule has 0 bridgehead atoms. The standard InChI is InChI=1S/C20H30N6O4/c1-12(2)22-19(28)30-13-9-16(29-11-13)14-10-17(26(24-14)20(3,4)5)23-18(27)15-7-8-21-25(15)6/h7-8,10,12-13,16H,9,11H2,1-6H3,(H,22,28)(H,23,27). The van der Waals surface area contributed by atoms with Crippen LogP contribution < -0.4 is 10.6 Å². The van der Waals surface area contributed by atoms with Crippen molar-refractivity contribution in [2.75, 3.05) is 11.9 Å². The largest absolute Gasteiger partial charge is 0.444 e. The summed E-state index contributed by atoms with van der Waals surface area (Å²) in [6.07, 6.45) is 0.952. The van der Waals surface area contributed by atoms with Crippen LogP contribution in [0.5, 0.6) is 0 Å². The van der Waals surface area contributed by atoms with E-state index in [1.807, 2.05) is 34.6 Å². The molecular formula is C20H30N6O4. The summed E-state index contributed by atoms with van der Waals surface area (Å²) in [5.41, 5.74) is 0.763. The quantitative estimate of drug-likeness (QED) is 0.772. The van der Waals surface area contributed by atoms with Crippen LogP contribution in [0.3, 0.4) is 0 Å². The molecule has 0 aliphatic carbocycles. The van der Waals surface area contributed by atoms with Crippen LogP contribution in [0.25, 0.3) is 0 Å². The normalized spacial score (nSPS) is 19.2. The Labute approximate surface area is 175 Å². The Morgan fingerprint density at radius 2 is 2.07 bits per heavy atom. The van der Waals surface area contributed by atoms with Crippen LogP contribution in [0.4, 0.5) is 10.6 Å². The Morgan fingerprint density at radius 3 is 2.67 bits per heavy atom. The number of hydrogen-bond donors (Lipinski definition) is 2. The summed E-state index contributed by atoms with van der Waals surface area (Å²) in [6, 6.07) is 3.46. The molecule has 10 heteroatoms. The van der Waals surface area contributed by atoms with Gasteiger partial charge >= 0.3 is 6.09 Å². The van der Waals surface area contributed by atoms with Gasteiger partial charge in [-0.1, -0.05) is 0 Å². The third kappa shape index (κ3) is 4.99. The molecule has 2 amide bonds. The molecule has 1 saturated heterocycles. The fourth-order valence-corrected chi connectivity index (χ4v) is 3.24. The lowest BCUT2D eigenvalue weighted by Gasteiger charge is -2.22. The summed E-state index contributed by atoms with van der Waals surface area (Å²) >= 11 is 0. The van der Waals surface area contributed by atoms with Gasteiger partial charge in [-0.05, 0) is 40.7 Å². The van der Waals surface area contributed by atoms with Crippen molar-refractivity contribution in [3.8, 4) is 0 Å². The third-order valence-electron chi connectivity index (χ3n) is 4.63. The van der Waals surface area contributed by atoms with Crippen molar-refractivity contribution >= 4 is 17.8 Å². The number of alkyl carbamates (subject to hydrolysis) is 1. The number of anilines is 1. The van der Waals surface area contributed by atoms with Gasteiger partial charge in [-0.2, -0.15) is 10.2 Å². The molecule has 0 saturated carbocycles. The second-order valence-electron chi connectivity index (χ2n) is 8.72. The smallest absolute Gasteiger partial charge is 0.407 e. The van der Waals surface area contributed by atoms with E-state index in [9.17, 15) is 9.59 Å². The lowest BCUT2D eigenvalue weighted by Crippen LogP contribution is -2.33. The molecule has 1 aliphatic heterocycles. The fraction of sp³-hybridized carbons (Fsp3) is 0.600. The number of aryl methyl sites for hydroxylation is 1. The second kappa shape index (κ2) is 8.47. The van der Waals surface area contributed by atoms with Crippen LogP contribution in [-0.4, -0.2) is 50.3 Å². The van der Waals surface area contributed by atoms with Crippen molar-refractivity contribution in [2.24, 2.45) is 7.05 Å². The minimum atomic E-state index is -0.455. The number of hydrogen-bond acceptors (Lipinski definition) is 6. The zero-order valence-corrected chi connectivity index (χ0v) is 18.3. The van der Waals surface area contributed by atoms with Gasteiger partial charge in [-0.15, -0.1) is 0 Å². The first-order valence-electron chi connectivity index (χ1n) is 10.0. The van der Waals surface area contributed by atoms with Crippen LogP contribution >= 0.6 is 0 Å². The zero-order chi connectivity index (χ0) is 22.1. The highest BCUT2D eigenvalue weighted by molar-refractivity contribution is 6.02. The van der Waals surface area contributed by atoms with Crippen molar-refractivity contribution < 1.29 is 19.1 Å². The predicted molar refractivity (Wildman–Crippen MR) is 110 cm³/mol. The molecule has 10 nitrogen and oxygen atoms in total. The fourth-order valence-electron chi connectivity index (χ4n) is 3.24. The molecule has 3 heterocycles. The SMILES string of the molecule is CC(C)NC(=O)OC1COC(c2cc(NC(=O)c3ccnn3C)n(C(C)(C)C)n2)C1.